The molecule has 160 valence electrons. The maximum atomic E-state index is 12.2. The summed E-state index contributed by atoms with van der Waals surface area (Å²) in [5, 5.41) is 15.4. The fourth-order valence-corrected chi connectivity index (χ4v) is 3.64. The summed E-state index contributed by atoms with van der Waals surface area (Å²) >= 11 is 5.93. The van der Waals surface area contributed by atoms with E-state index in [0.29, 0.717) is 28.6 Å². The minimum atomic E-state index is -0.983. The normalized spacial score (nSPS) is 19.3. The lowest BCUT2D eigenvalue weighted by atomic mass is 9.73. The average Bonchev–Trinajstić information content (AvgIpc) is 2.67. The van der Waals surface area contributed by atoms with E-state index in [-0.39, 0.29) is 13.2 Å². The second-order valence-corrected chi connectivity index (χ2v) is 8.59. The van der Waals surface area contributed by atoms with Crippen LogP contribution in [0.1, 0.15) is 26.5 Å². The summed E-state index contributed by atoms with van der Waals surface area (Å²) in [6.45, 7) is 6.75. The van der Waals surface area contributed by atoms with Crippen LogP contribution in [0.15, 0.2) is 42.6 Å². The van der Waals surface area contributed by atoms with Crippen molar-refractivity contribution in [1.29, 1.82) is 0 Å². The molecule has 9 heteroatoms. The average molecular weight is 433 g/mol. The number of nitrogens with zero attached hydrogens (tertiary/aromatic N) is 2. The van der Waals surface area contributed by atoms with Crippen LogP contribution in [-0.4, -0.2) is 46.8 Å². The Morgan fingerprint density at radius 2 is 1.93 bits per heavy atom. The van der Waals surface area contributed by atoms with Gasteiger partial charge in [-0.25, -0.2) is 9.59 Å². The predicted octanol–water partition coefficient (Wildman–Crippen LogP) is 4.63. The first kappa shape index (κ1) is 21.9. The third-order valence-electron chi connectivity index (χ3n) is 5.12. The number of hydrogen-bond acceptors (Lipinski definition) is 4. The Hall–Kier alpha value is -2.84. The Morgan fingerprint density at radius 3 is 2.53 bits per heavy atom. The van der Waals surface area contributed by atoms with Gasteiger partial charge in [0.05, 0.1) is 30.7 Å². The van der Waals surface area contributed by atoms with Crippen molar-refractivity contribution in [2.24, 2.45) is 5.41 Å². The minimum Gasteiger partial charge on any atom is -0.465 e. The van der Waals surface area contributed by atoms with Crippen LogP contribution in [0.2, 0.25) is 5.02 Å². The first-order valence-corrected chi connectivity index (χ1v) is 9.90. The maximum Gasteiger partial charge on any atom is 0.407 e. The smallest absolute Gasteiger partial charge is 0.407 e. The van der Waals surface area contributed by atoms with E-state index in [1.807, 2.05) is 20.8 Å². The van der Waals surface area contributed by atoms with Crippen LogP contribution in [-0.2, 0) is 10.3 Å². The molecule has 0 radical (unpaired) electrons. The van der Waals surface area contributed by atoms with Gasteiger partial charge >= 0.3 is 12.1 Å². The van der Waals surface area contributed by atoms with Crippen LogP contribution < -0.4 is 10.6 Å². The van der Waals surface area contributed by atoms with Crippen molar-refractivity contribution in [3.63, 3.8) is 0 Å². The van der Waals surface area contributed by atoms with E-state index >= 15 is 0 Å². The van der Waals surface area contributed by atoms with E-state index in [0.717, 1.165) is 0 Å². The highest BCUT2D eigenvalue weighted by Gasteiger charge is 2.50. The number of benzene rings is 1. The summed E-state index contributed by atoms with van der Waals surface area (Å²) in [6, 6.07) is 9.88. The Balaban J connectivity index is 1.77. The van der Waals surface area contributed by atoms with Gasteiger partial charge < -0.3 is 25.4 Å². The molecular weight excluding hydrogens is 408 g/mol. The lowest BCUT2D eigenvalue weighted by molar-refractivity contribution is -0.168. The van der Waals surface area contributed by atoms with E-state index in [4.69, 9.17) is 16.3 Å². The molecule has 8 nitrogen and oxygen atoms in total. The summed E-state index contributed by atoms with van der Waals surface area (Å²) in [4.78, 5) is 29.6. The van der Waals surface area contributed by atoms with E-state index in [2.05, 4.69) is 15.6 Å². The largest absolute Gasteiger partial charge is 0.465 e. The monoisotopic (exact) mass is 432 g/mol. The fourth-order valence-electron chi connectivity index (χ4n) is 3.45. The fraction of sp³-hybridized carbons (Fsp3) is 0.381. The van der Waals surface area contributed by atoms with Gasteiger partial charge in [-0.3, -0.25) is 4.98 Å². The first-order valence-electron chi connectivity index (χ1n) is 9.53. The molecule has 1 aliphatic heterocycles. The molecular formula is C21H25ClN4O4. The van der Waals surface area contributed by atoms with Crippen molar-refractivity contribution in [2.45, 2.75) is 26.4 Å². The number of carbonyl (C=O) groups excluding carboxylic acids is 1. The number of ether oxygens (including phenoxy) is 1. The highest BCUT2D eigenvalue weighted by molar-refractivity contribution is 6.30. The number of amides is 3. The Labute approximate surface area is 180 Å². The third kappa shape index (κ3) is 4.66. The molecule has 2 heterocycles. The Morgan fingerprint density at radius 1 is 1.20 bits per heavy atom. The topological polar surface area (TPSA) is 104 Å². The van der Waals surface area contributed by atoms with Gasteiger partial charge in [0.1, 0.15) is 5.60 Å². The molecule has 1 aromatic heterocycles. The molecule has 1 atom stereocenters. The van der Waals surface area contributed by atoms with Crippen molar-refractivity contribution in [1.82, 2.24) is 9.88 Å². The first-order chi connectivity index (χ1) is 14.1. The van der Waals surface area contributed by atoms with Crippen LogP contribution >= 0.6 is 11.6 Å². The number of urea groups is 1. The van der Waals surface area contributed by atoms with Crippen LogP contribution in [0.4, 0.5) is 21.0 Å². The highest BCUT2D eigenvalue weighted by Crippen LogP contribution is 2.44. The van der Waals surface area contributed by atoms with Crippen molar-refractivity contribution in [3.8, 4) is 0 Å². The van der Waals surface area contributed by atoms with Crippen LogP contribution in [0, 0.1) is 5.41 Å². The number of morpholine rings is 1. The van der Waals surface area contributed by atoms with Crippen LogP contribution in [0.3, 0.4) is 0 Å². The highest BCUT2D eigenvalue weighted by atomic mass is 35.5. The molecule has 1 saturated heterocycles. The lowest BCUT2D eigenvalue weighted by Crippen LogP contribution is -2.57. The molecule has 0 spiro atoms. The molecule has 1 fully saturated rings. The summed E-state index contributed by atoms with van der Waals surface area (Å²) in [7, 11) is 0. The number of hydrogen-bond donors (Lipinski definition) is 3. The summed E-state index contributed by atoms with van der Waals surface area (Å²) in [5.41, 5.74) is 0.369. The Kier molecular flexibility index (Phi) is 6.19. The van der Waals surface area contributed by atoms with Gasteiger partial charge in [0.2, 0.25) is 0 Å². The molecule has 1 aliphatic rings. The van der Waals surface area contributed by atoms with Gasteiger partial charge in [0.15, 0.2) is 0 Å². The van der Waals surface area contributed by atoms with Gasteiger partial charge in [-0.1, -0.05) is 38.4 Å². The quantitative estimate of drug-likeness (QED) is 0.655. The maximum absolute atomic E-state index is 12.2. The summed E-state index contributed by atoms with van der Waals surface area (Å²) < 4.78 is 6.13. The van der Waals surface area contributed by atoms with E-state index in [1.54, 1.807) is 36.4 Å². The van der Waals surface area contributed by atoms with Crippen LogP contribution in [0.5, 0.6) is 0 Å². The standard InChI is InChI=1S/C21H25ClN4O4/c1-20(2,3)21(13-26(19(28)29)9-10-30-21)17-8-7-16(12-23-17)25-18(27)24-15-6-4-5-14(22)11-15/h4-8,11-12H,9-10,13H2,1-3H3,(H,28,29)(H2,24,25,27). The van der Waals surface area contributed by atoms with Crippen molar-refractivity contribution >= 4 is 35.1 Å². The van der Waals surface area contributed by atoms with E-state index in [1.165, 1.54) is 11.1 Å². The second kappa shape index (κ2) is 8.49. The molecule has 30 heavy (non-hydrogen) atoms. The molecule has 1 unspecified atom stereocenters. The van der Waals surface area contributed by atoms with Gasteiger partial charge in [0.25, 0.3) is 0 Å². The zero-order valence-electron chi connectivity index (χ0n) is 17.1. The number of nitrogens with one attached hydrogen (secondary N) is 2. The van der Waals surface area contributed by atoms with Gasteiger partial charge in [-0.15, -0.1) is 0 Å². The number of pyridine rings is 1. The number of anilines is 2. The summed E-state index contributed by atoms with van der Waals surface area (Å²) in [5.74, 6) is 0. The van der Waals surface area contributed by atoms with Crippen molar-refractivity contribution < 1.29 is 19.4 Å². The molecule has 1 aromatic carbocycles. The molecule has 3 amide bonds. The summed E-state index contributed by atoms with van der Waals surface area (Å²) in [6.07, 6.45) is 0.548. The molecule has 0 aliphatic carbocycles. The number of aromatic nitrogens is 1. The van der Waals surface area contributed by atoms with E-state index in [9.17, 15) is 14.7 Å². The number of halogens is 1. The molecule has 0 saturated carbocycles. The molecule has 3 rings (SSSR count). The van der Waals surface area contributed by atoms with Crippen LogP contribution in [0.25, 0.3) is 0 Å². The van der Waals surface area contributed by atoms with Gasteiger partial charge in [-0.2, -0.15) is 0 Å². The third-order valence-corrected chi connectivity index (χ3v) is 5.36. The predicted molar refractivity (Wildman–Crippen MR) is 115 cm³/mol. The molecule has 0 bridgehead atoms. The lowest BCUT2D eigenvalue weighted by Gasteiger charge is -2.49. The Bertz CT molecular complexity index is 929. The zero-order valence-corrected chi connectivity index (χ0v) is 17.9. The minimum absolute atomic E-state index is 0.181. The number of rotatable bonds is 3. The number of carboxylic acid groups (broad SMARTS) is 1. The zero-order chi connectivity index (χ0) is 21.9. The molecule has 3 N–H and O–H groups in total. The van der Waals surface area contributed by atoms with Gasteiger partial charge in [0, 0.05) is 17.3 Å². The van der Waals surface area contributed by atoms with Crippen molar-refractivity contribution in [2.75, 3.05) is 30.3 Å². The number of carbonyl (C=O) groups is 2. The second-order valence-electron chi connectivity index (χ2n) is 8.15. The van der Waals surface area contributed by atoms with Gasteiger partial charge in [-0.05, 0) is 35.7 Å². The SMILES string of the molecule is CC(C)(C)C1(c2ccc(NC(=O)Nc3cccc(Cl)c3)cn2)CN(C(=O)O)CCO1. The van der Waals surface area contributed by atoms with Crippen molar-refractivity contribution in [3.05, 3.63) is 53.3 Å². The molecule has 2 aromatic rings. The van der Waals surface area contributed by atoms with E-state index < -0.39 is 23.1 Å².